The molecule has 39 heavy (non-hydrogen) atoms. The minimum atomic E-state index is -1.09. The molecule has 0 fully saturated rings. The average molecular weight is 520 g/mol. The Bertz CT molecular complexity index is 1790. The molecule has 0 unspecified atom stereocenters. The highest BCUT2D eigenvalue weighted by Crippen LogP contribution is 2.26. The van der Waals surface area contributed by atoms with E-state index in [4.69, 9.17) is 10.9 Å². The summed E-state index contributed by atoms with van der Waals surface area (Å²) in [7, 11) is 0. The third-order valence-electron chi connectivity index (χ3n) is 6.78. The summed E-state index contributed by atoms with van der Waals surface area (Å²) in [6.07, 6.45) is 0. The molecule has 0 aliphatic carbocycles. The zero-order chi connectivity index (χ0) is 28.3. The van der Waals surface area contributed by atoms with E-state index in [-0.39, 0.29) is 22.5 Å². The molecule has 0 atom stereocenters. The van der Waals surface area contributed by atoms with Crippen molar-refractivity contribution < 1.29 is 14.7 Å². The number of carboxylic acids is 1. The number of nitrogen functional groups attached to an aromatic ring is 1. The molecule has 0 aliphatic rings. The highest BCUT2D eigenvalue weighted by atomic mass is 16.4. The van der Waals surface area contributed by atoms with Crippen molar-refractivity contribution in [3.63, 3.8) is 0 Å². The first kappa shape index (κ1) is 27.0. The minimum Gasteiger partial charge on any atom is -0.478 e. The van der Waals surface area contributed by atoms with Crippen LogP contribution in [0.15, 0.2) is 89.7 Å². The Labute approximate surface area is 226 Å². The van der Waals surface area contributed by atoms with Crippen molar-refractivity contribution in [1.29, 1.82) is 0 Å². The van der Waals surface area contributed by atoms with E-state index in [0.29, 0.717) is 10.9 Å². The van der Waals surface area contributed by atoms with E-state index in [9.17, 15) is 14.4 Å². The zero-order valence-electron chi connectivity index (χ0n) is 22.2. The second-order valence-electron chi connectivity index (χ2n) is 9.42. The number of carboxylic acid groups (broad SMARTS) is 1. The third kappa shape index (κ3) is 5.62. The third-order valence-corrected chi connectivity index (χ3v) is 6.78. The van der Waals surface area contributed by atoms with Crippen molar-refractivity contribution >= 4 is 22.5 Å². The summed E-state index contributed by atoms with van der Waals surface area (Å²) in [6.45, 7) is 8.01. The van der Waals surface area contributed by atoms with E-state index in [1.54, 1.807) is 36.4 Å². The van der Waals surface area contributed by atoms with Gasteiger partial charge in [-0.05, 0) is 74.2 Å². The number of aryl methyl sites for hydroxylation is 4. The molecule has 5 rings (SSSR count). The lowest BCUT2D eigenvalue weighted by Crippen LogP contribution is -2.30. The van der Waals surface area contributed by atoms with E-state index in [0.717, 1.165) is 32.6 Å². The molecule has 0 aliphatic heterocycles. The van der Waals surface area contributed by atoms with Gasteiger partial charge in [0.25, 0.3) is 5.56 Å². The van der Waals surface area contributed by atoms with Crippen LogP contribution in [0.2, 0.25) is 0 Å². The number of carbonyl (C=O) groups is 2. The van der Waals surface area contributed by atoms with Crippen molar-refractivity contribution in [3.8, 4) is 11.3 Å². The molecule has 5 aromatic rings. The van der Waals surface area contributed by atoms with Crippen molar-refractivity contribution in [2.24, 2.45) is 0 Å². The number of aromatic nitrogens is 2. The lowest BCUT2D eigenvalue weighted by molar-refractivity contribution is 0.0692. The number of benzene rings is 4. The standard InChI is InChI=1S/C16H15N3O.C16H14O3/c1-10-7-8-12(9-11(10)2)15-13-5-3-4-6-14(13)16(20)19(17)18-15;1-10-7-8-12(9-11(10)2)15(17)13-5-3-4-6-14(13)16(18)19/h3-9H,17H2,1-2H3;3-9H,1-2H3,(H,18,19). The van der Waals surface area contributed by atoms with Crippen LogP contribution in [0.5, 0.6) is 0 Å². The Balaban J connectivity index is 0.000000181. The highest BCUT2D eigenvalue weighted by molar-refractivity contribution is 6.14. The molecule has 4 aromatic carbocycles. The van der Waals surface area contributed by atoms with Crippen molar-refractivity contribution in [3.05, 3.63) is 134 Å². The van der Waals surface area contributed by atoms with E-state index < -0.39 is 5.97 Å². The maximum atomic E-state index is 12.4. The Morgan fingerprint density at radius 3 is 1.90 bits per heavy atom. The maximum absolute atomic E-state index is 12.4. The molecule has 0 saturated carbocycles. The van der Waals surface area contributed by atoms with Crippen LogP contribution in [0.1, 0.15) is 48.5 Å². The van der Waals surface area contributed by atoms with Gasteiger partial charge in [0.1, 0.15) is 5.69 Å². The van der Waals surface area contributed by atoms with Gasteiger partial charge in [-0.1, -0.05) is 60.7 Å². The van der Waals surface area contributed by atoms with Crippen LogP contribution in [0, 0.1) is 27.7 Å². The van der Waals surface area contributed by atoms with E-state index >= 15 is 0 Å². The van der Waals surface area contributed by atoms with E-state index in [1.165, 1.54) is 17.2 Å². The number of ketones is 1. The number of nitrogens with two attached hydrogens (primary N) is 1. The first-order valence-corrected chi connectivity index (χ1v) is 12.4. The Hall–Kier alpha value is -5.04. The number of rotatable bonds is 4. The second-order valence-corrected chi connectivity index (χ2v) is 9.42. The molecule has 0 radical (unpaired) electrons. The minimum absolute atomic E-state index is 0.0331. The molecule has 0 saturated heterocycles. The summed E-state index contributed by atoms with van der Waals surface area (Å²) in [5, 5.41) is 14.7. The average Bonchev–Trinajstić information content (AvgIpc) is 2.93. The molecule has 1 aromatic heterocycles. The SMILES string of the molecule is Cc1ccc(-c2nn(N)c(=O)c3ccccc23)cc1C.Cc1ccc(C(=O)c2ccccc2C(=O)O)cc1C. The van der Waals surface area contributed by atoms with Gasteiger partial charge >= 0.3 is 5.97 Å². The highest BCUT2D eigenvalue weighted by Gasteiger charge is 2.17. The van der Waals surface area contributed by atoms with Gasteiger partial charge in [-0.2, -0.15) is 0 Å². The van der Waals surface area contributed by atoms with Crippen LogP contribution in [-0.4, -0.2) is 26.7 Å². The van der Waals surface area contributed by atoms with Gasteiger partial charge in [-0.25, -0.2) is 4.79 Å². The smallest absolute Gasteiger partial charge is 0.336 e. The fraction of sp³-hybridized carbons (Fsp3) is 0.125. The molecule has 0 bridgehead atoms. The van der Waals surface area contributed by atoms with Crippen molar-refractivity contribution in [1.82, 2.24) is 9.89 Å². The van der Waals surface area contributed by atoms with Crippen LogP contribution in [0.4, 0.5) is 0 Å². The fourth-order valence-electron chi connectivity index (χ4n) is 4.21. The van der Waals surface area contributed by atoms with Crippen molar-refractivity contribution in [2.45, 2.75) is 27.7 Å². The summed E-state index contributed by atoms with van der Waals surface area (Å²) < 4.78 is 0. The maximum Gasteiger partial charge on any atom is 0.336 e. The number of hydrogen-bond donors (Lipinski definition) is 2. The summed E-state index contributed by atoms with van der Waals surface area (Å²) in [6, 6.07) is 25.2. The predicted octanol–water partition coefficient (Wildman–Crippen LogP) is 5.63. The zero-order valence-corrected chi connectivity index (χ0v) is 22.2. The largest absolute Gasteiger partial charge is 0.478 e. The predicted molar refractivity (Wildman–Crippen MR) is 154 cm³/mol. The lowest BCUT2D eigenvalue weighted by atomic mass is 9.96. The van der Waals surface area contributed by atoms with Gasteiger partial charge in [0.15, 0.2) is 5.78 Å². The Morgan fingerprint density at radius 1 is 0.718 bits per heavy atom. The quantitative estimate of drug-likeness (QED) is 0.235. The number of nitrogens with zero attached hydrogens (tertiary/aromatic N) is 2. The first-order valence-electron chi connectivity index (χ1n) is 12.4. The van der Waals surface area contributed by atoms with Crippen LogP contribution in [0.25, 0.3) is 22.0 Å². The molecule has 3 N–H and O–H groups in total. The monoisotopic (exact) mass is 519 g/mol. The van der Waals surface area contributed by atoms with Crippen molar-refractivity contribution in [2.75, 3.05) is 5.84 Å². The van der Waals surface area contributed by atoms with E-state index in [1.807, 2.05) is 50.2 Å². The Kier molecular flexibility index (Phi) is 7.72. The summed E-state index contributed by atoms with van der Waals surface area (Å²) >= 11 is 0. The Morgan fingerprint density at radius 2 is 1.28 bits per heavy atom. The van der Waals surface area contributed by atoms with Crippen LogP contribution in [0.3, 0.4) is 0 Å². The molecule has 196 valence electrons. The van der Waals surface area contributed by atoms with E-state index in [2.05, 4.69) is 25.0 Å². The summed E-state index contributed by atoms with van der Waals surface area (Å²) in [4.78, 5) is 36.4. The molecule has 7 heteroatoms. The molecular weight excluding hydrogens is 490 g/mol. The molecule has 0 amide bonds. The number of carbonyl (C=O) groups excluding carboxylic acids is 1. The normalized spacial score (nSPS) is 10.6. The molecule has 0 spiro atoms. The molecule has 7 nitrogen and oxygen atoms in total. The number of hydrogen-bond acceptors (Lipinski definition) is 5. The number of aromatic carboxylic acids is 1. The summed E-state index contributed by atoms with van der Waals surface area (Å²) in [5.74, 6) is 4.33. The fourth-order valence-corrected chi connectivity index (χ4v) is 4.21. The number of fused-ring (bicyclic) bond motifs is 1. The van der Waals surface area contributed by atoms with Gasteiger partial charge in [-0.15, -0.1) is 9.89 Å². The van der Waals surface area contributed by atoms with Crippen LogP contribution >= 0.6 is 0 Å². The van der Waals surface area contributed by atoms with Gasteiger partial charge in [-0.3, -0.25) is 9.59 Å². The van der Waals surface area contributed by atoms with Crippen LogP contribution in [-0.2, 0) is 0 Å². The van der Waals surface area contributed by atoms with Gasteiger partial charge in [0, 0.05) is 22.1 Å². The first-order chi connectivity index (χ1) is 18.6. The molecule has 1 heterocycles. The van der Waals surface area contributed by atoms with Gasteiger partial charge in [0.2, 0.25) is 0 Å². The lowest BCUT2D eigenvalue weighted by Gasteiger charge is -2.09. The van der Waals surface area contributed by atoms with Gasteiger partial charge < -0.3 is 10.9 Å². The second kappa shape index (κ2) is 11.1. The topological polar surface area (TPSA) is 115 Å². The van der Waals surface area contributed by atoms with Gasteiger partial charge in [0.05, 0.1) is 10.9 Å². The van der Waals surface area contributed by atoms with Crippen LogP contribution < -0.4 is 11.4 Å². The molecular formula is C32H29N3O4. The summed E-state index contributed by atoms with van der Waals surface area (Å²) in [5.41, 5.74) is 6.69.